The number of hydrogen-bond donors (Lipinski definition) is 1. The Balaban J connectivity index is 2.49. The van der Waals surface area contributed by atoms with E-state index in [4.69, 9.17) is 11.2 Å². The summed E-state index contributed by atoms with van der Waals surface area (Å²) in [7, 11) is 0. The maximum absolute atomic E-state index is 5.56. The molecule has 0 aromatic carbocycles. The van der Waals surface area contributed by atoms with Gasteiger partial charge in [0.1, 0.15) is 0 Å². The van der Waals surface area contributed by atoms with Gasteiger partial charge in [-0.25, -0.2) is 4.98 Å². The third-order valence-corrected chi connectivity index (χ3v) is 2.22. The molecule has 0 atom stereocenters. The first-order valence-corrected chi connectivity index (χ1v) is 6.31. The quantitative estimate of drug-likeness (QED) is 0.594. The molecule has 1 heterocycles. The van der Waals surface area contributed by atoms with Crippen molar-refractivity contribution in [3.8, 4) is 18.2 Å². The summed E-state index contributed by atoms with van der Waals surface area (Å²) in [5.74, 6) is 3.86. The number of aryl methyl sites for hydroxylation is 1. The Morgan fingerprint density at radius 1 is 1.39 bits per heavy atom. The molecule has 98 valence electrons. The highest BCUT2D eigenvalue weighted by molar-refractivity contribution is 5.30. The second-order valence-electron chi connectivity index (χ2n) is 4.43. The van der Waals surface area contributed by atoms with Crippen molar-refractivity contribution in [1.29, 1.82) is 0 Å². The first kappa shape index (κ1) is 14.3. The van der Waals surface area contributed by atoms with Gasteiger partial charge in [-0.1, -0.05) is 0 Å². The first-order valence-electron chi connectivity index (χ1n) is 6.31. The van der Waals surface area contributed by atoms with E-state index in [-0.39, 0.29) is 6.10 Å². The fourth-order valence-corrected chi connectivity index (χ4v) is 1.47. The van der Waals surface area contributed by atoms with Crippen molar-refractivity contribution in [2.45, 2.75) is 46.1 Å². The maximum atomic E-state index is 5.56. The Morgan fingerprint density at radius 3 is 2.83 bits per heavy atom. The van der Waals surface area contributed by atoms with Crippen molar-refractivity contribution < 1.29 is 4.74 Å². The van der Waals surface area contributed by atoms with Gasteiger partial charge in [-0.15, -0.1) is 12.3 Å². The molecule has 1 aromatic heterocycles. The van der Waals surface area contributed by atoms with Crippen molar-refractivity contribution >= 4 is 5.95 Å². The van der Waals surface area contributed by atoms with Crippen LogP contribution in [0.1, 0.15) is 38.8 Å². The molecule has 0 aliphatic rings. The molecule has 4 heteroatoms. The van der Waals surface area contributed by atoms with Crippen LogP contribution >= 0.6 is 0 Å². The van der Waals surface area contributed by atoms with Gasteiger partial charge in [0.2, 0.25) is 11.8 Å². The molecule has 0 saturated carbocycles. The molecule has 0 amide bonds. The van der Waals surface area contributed by atoms with Crippen molar-refractivity contribution in [1.82, 2.24) is 9.97 Å². The number of nitrogens with zero attached hydrogens (tertiary/aromatic N) is 2. The zero-order chi connectivity index (χ0) is 13.4. The highest BCUT2D eigenvalue weighted by Crippen LogP contribution is 2.13. The molecule has 0 unspecified atom stereocenters. The van der Waals surface area contributed by atoms with E-state index < -0.39 is 0 Å². The summed E-state index contributed by atoms with van der Waals surface area (Å²) in [6, 6.07) is 1.84. The van der Waals surface area contributed by atoms with Crippen LogP contribution in [0.2, 0.25) is 0 Å². The number of anilines is 1. The van der Waals surface area contributed by atoms with Gasteiger partial charge in [-0.3, -0.25) is 0 Å². The van der Waals surface area contributed by atoms with Crippen LogP contribution < -0.4 is 10.1 Å². The lowest BCUT2D eigenvalue weighted by atomic mass is 10.2. The van der Waals surface area contributed by atoms with Crippen LogP contribution in [0.25, 0.3) is 0 Å². The molecule has 0 saturated heterocycles. The second kappa shape index (κ2) is 7.54. The Kier molecular flexibility index (Phi) is 5.99. The Labute approximate surface area is 109 Å². The molecule has 0 radical (unpaired) electrons. The number of nitrogens with one attached hydrogen (secondary N) is 1. The van der Waals surface area contributed by atoms with Crippen LogP contribution in [0.15, 0.2) is 6.07 Å². The smallest absolute Gasteiger partial charge is 0.226 e. The molecule has 0 spiro atoms. The second-order valence-corrected chi connectivity index (χ2v) is 4.43. The summed E-state index contributed by atoms with van der Waals surface area (Å²) in [5, 5.41) is 3.19. The Hall–Kier alpha value is -1.76. The minimum atomic E-state index is 0.114. The van der Waals surface area contributed by atoms with E-state index in [0.29, 0.717) is 11.8 Å². The van der Waals surface area contributed by atoms with Crippen molar-refractivity contribution in [3.63, 3.8) is 0 Å². The van der Waals surface area contributed by atoms with Crippen LogP contribution in [0.4, 0.5) is 5.95 Å². The lowest BCUT2D eigenvalue weighted by molar-refractivity contribution is 0.232. The van der Waals surface area contributed by atoms with Gasteiger partial charge in [0, 0.05) is 24.7 Å². The van der Waals surface area contributed by atoms with Crippen molar-refractivity contribution in [3.05, 3.63) is 11.8 Å². The normalized spacial score (nSPS) is 10.2. The number of hydrogen-bond acceptors (Lipinski definition) is 4. The molecule has 18 heavy (non-hydrogen) atoms. The van der Waals surface area contributed by atoms with Crippen LogP contribution in [0.3, 0.4) is 0 Å². The molecular formula is C14H21N3O. The van der Waals surface area contributed by atoms with Crippen molar-refractivity contribution in [2.75, 3.05) is 11.9 Å². The monoisotopic (exact) mass is 247 g/mol. The first-order chi connectivity index (χ1) is 8.61. The van der Waals surface area contributed by atoms with Crippen LogP contribution in [0.5, 0.6) is 5.88 Å². The topological polar surface area (TPSA) is 47.0 Å². The van der Waals surface area contributed by atoms with E-state index in [1.807, 2.05) is 26.8 Å². The SMILES string of the molecule is C#CCCCCNc1nc(C)cc(OC(C)C)n1. The van der Waals surface area contributed by atoms with Crippen molar-refractivity contribution in [2.24, 2.45) is 0 Å². The summed E-state index contributed by atoms with van der Waals surface area (Å²) in [4.78, 5) is 8.62. The average molecular weight is 247 g/mol. The predicted molar refractivity (Wildman–Crippen MR) is 73.7 cm³/mol. The highest BCUT2D eigenvalue weighted by atomic mass is 16.5. The van der Waals surface area contributed by atoms with E-state index in [9.17, 15) is 0 Å². The number of unbranched alkanes of at least 4 members (excludes halogenated alkanes) is 2. The fraction of sp³-hybridized carbons (Fsp3) is 0.571. The molecule has 1 rings (SSSR count). The summed E-state index contributed by atoms with van der Waals surface area (Å²) >= 11 is 0. The van der Waals surface area contributed by atoms with E-state index in [1.165, 1.54) is 0 Å². The molecule has 4 nitrogen and oxygen atoms in total. The predicted octanol–water partition coefficient (Wildman–Crippen LogP) is 2.79. The summed E-state index contributed by atoms with van der Waals surface area (Å²) in [6.45, 7) is 6.71. The Morgan fingerprint density at radius 2 is 2.17 bits per heavy atom. The lowest BCUT2D eigenvalue weighted by Gasteiger charge is -2.11. The molecular weight excluding hydrogens is 226 g/mol. The minimum Gasteiger partial charge on any atom is -0.475 e. The molecule has 0 fully saturated rings. The fourth-order valence-electron chi connectivity index (χ4n) is 1.47. The number of aromatic nitrogens is 2. The van der Waals surface area contributed by atoms with Gasteiger partial charge in [-0.05, 0) is 33.6 Å². The zero-order valence-electron chi connectivity index (χ0n) is 11.4. The zero-order valence-corrected chi connectivity index (χ0v) is 11.4. The van der Waals surface area contributed by atoms with Gasteiger partial charge in [0.15, 0.2) is 0 Å². The van der Waals surface area contributed by atoms with Gasteiger partial charge in [0.05, 0.1) is 6.10 Å². The van der Waals surface area contributed by atoms with E-state index >= 15 is 0 Å². The van der Waals surface area contributed by atoms with Crippen LogP contribution in [0, 0.1) is 19.3 Å². The standard InChI is InChI=1S/C14H21N3O/c1-5-6-7-8-9-15-14-16-12(4)10-13(17-14)18-11(2)3/h1,10-11H,6-9H2,2-4H3,(H,15,16,17). The maximum Gasteiger partial charge on any atom is 0.226 e. The van der Waals surface area contributed by atoms with E-state index in [0.717, 1.165) is 31.5 Å². The molecule has 1 aromatic rings. The number of rotatable bonds is 7. The third-order valence-electron chi connectivity index (χ3n) is 2.22. The molecule has 0 aliphatic carbocycles. The van der Waals surface area contributed by atoms with Gasteiger partial charge >= 0.3 is 0 Å². The highest BCUT2D eigenvalue weighted by Gasteiger charge is 2.04. The van der Waals surface area contributed by atoms with Gasteiger partial charge < -0.3 is 10.1 Å². The van der Waals surface area contributed by atoms with E-state index in [2.05, 4.69) is 21.2 Å². The summed E-state index contributed by atoms with van der Waals surface area (Å²) in [6.07, 6.45) is 8.16. The molecule has 0 bridgehead atoms. The minimum absolute atomic E-state index is 0.114. The van der Waals surface area contributed by atoms with Gasteiger partial charge in [-0.2, -0.15) is 4.98 Å². The van der Waals surface area contributed by atoms with E-state index in [1.54, 1.807) is 0 Å². The molecule has 0 aliphatic heterocycles. The average Bonchev–Trinajstić information content (AvgIpc) is 2.27. The largest absolute Gasteiger partial charge is 0.475 e. The summed E-state index contributed by atoms with van der Waals surface area (Å²) < 4.78 is 5.56. The lowest BCUT2D eigenvalue weighted by Crippen LogP contribution is -2.10. The summed E-state index contributed by atoms with van der Waals surface area (Å²) in [5.41, 5.74) is 0.895. The third kappa shape index (κ3) is 5.53. The Bertz CT molecular complexity index is 410. The number of terminal acetylenes is 1. The number of ether oxygens (including phenoxy) is 1. The molecule has 1 N–H and O–H groups in total. The van der Waals surface area contributed by atoms with Crippen LogP contribution in [-0.4, -0.2) is 22.6 Å². The van der Waals surface area contributed by atoms with Gasteiger partial charge in [0.25, 0.3) is 0 Å². The van der Waals surface area contributed by atoms with Crippen LogP contribution in [-0.2, 0) is 0 Å².